The molecule has 0 fully saturated rings. The lowest BCUT2D eigenvalue weighted by molar-refractivity contribution is 0.205. The molecule has 1 unspecified atom stereocenters. The Morgan fingerprint density at radius 1 is 1.44 bits per heavy atom. The highest BCUT2D eigenvalue weighted by Gasteiger charge is 2.28. The molecule has 0 aromatic rings. The quantitative estimate of drug-likeness (QED) is 0.618. The fourth-order valence-corrected chi connectivity index (χ4v) is 3.78. The van der Waals surface area contributed by atoms with Crippen LogP contribution in [-0.2, 0) is 8.54 Å². The molecule has 0 heterocycles. The minimum Gasteiger partial charge on any atom is -0.416 e. The van der Waals surface area contributed by atoms with Crippen molar-refractivity contribution in [1.29, 1.82) is 0 Å². The Labute approximate surface area is 58.7 Å². The Morgan fingerprint density at radius 2 is 1.89 bits per heavy atom. The van der Waals surface area contributed by atoms with Gasteiger partial charge < -0.3 is 13.3 Å². The van der Waals surface area contributed by atoms with Crippen molar-refractivity contribution >= 4 is 17.8 Å². The monoisotopic (exact) mass is 165 g/mol. The summed E-state index contributed by atoms with van der Waals surface area (Å²) in [5.41, 5.74) is 0. The third-order valence-corrected chi connectivity index (χ3v) is 4.68. The number of hydrogen-bond donors (Lipinski definition) is 1. The molecular formula is C4H13O3Si2. The van der Waals surface area contributed by atoms with Crippen LogP contribution in [0.25, 0.3) is 0 Å². The van der Waals surface area contributed by atoms with E-state index in [-0.39, 0.29) is 0 Å². The lowest BCUT2D eigenvalue weighted by atomic mass is 11.8. The summed E-state index contributed by atoms with van der Waals surface area (Å²) in [6, 6.07) is 0. The molecule has 5 heteroatoms. The highest BCUT2D eigenvalue weighted by molar-refractivity contribution is 6.68. The summed E-state index contributed by atoms with van der Waals surface area (Å²) in [4.78, 5) is 9.21. The number of rotatable bonds is 3. The van der Waals surface area contributed by atoms with Gasteiger partial charge in [0, 0.05) is 13.7 Å². The third-order valence-electron chi connectivity index (χ3n) is 0.772. The Kier molecular flexibility index (Phi) is 3.60. The second-order valence-electron chi connectivity index (χ2n) is 2.11. The van der Waals surface area contributed by atoms with Crippen molar-refractivity contribution in [3.8, 4) is 0 Å². The Morgan fingerprint density at radius 3 is 2.00 bits per heavy atom. The molecule has 0 saturated heterocycles. The maximum atomic E-state index is 9.21. The molecule has 0 aliphatic carbocycles. The van der Waals surface area contributed by atoms with Crippen LogP contribution in [0.1, 0.15) is 0 Å². The number of hydrogen-bond acceptors (Lipinski definition) is 3. The van der Waals surface area contributed by atoms with Crippen LogP contribution in [0.2, 0.25) is 19.6 Å². The molecule has 0 amide bonds. The molecule has 0 aromatic carbocycles. The average Bonchev–Trinajstić information content (AvgIpc) is 1.63. The van der Waals surface area contributed by atoms with Crippen molar-refractivity contribution in [1.82, 2.24) is 0 Å². The molecule has 0 aliphatic heterocycles. The molecule has 1 radical (unpaired) electrons. The van der Waals surface area contributed by atoms with E-state index in [1.54, 1.807) is 6.55 Å². The van der Waals surface area contributed by atoms with E-state index in [0.29, 0.717) is 0 Å². The first kappa shape index (κ1) is 9.31. The Hall–Kier alpha value is 0.314. The summed E-state index contributed by atoms with van der Waals surface area (Å²) < 4.78 is 9.91. The van der Waals surface area contributed by atoms with Crippen LogP contribution in [-0.4, -0.2) is 29.8 Å². The van der Waals surface area contributed by atoms with E-state index in [9.17, 15) is 4.80 Å². The van der Waals surface area contributed by atoms with E-state index < -0.39 is 17.8 Å². The molecule has 0 aliphatic rings. The smallest absolute Gasteiger partial charge is 0.416 e. The molecular weight excluding hydrogens is 152 g/mol. The van der Waals surface area contributed by atoms with Crippen molar-refractivity contribution in [3.63, 3.8) is 0 Å². The van der Waals surface area contributed by atoms with Gasteiger partial charge in [-0.25, -0.2) is 0 Å². The normalized spacial score (nSPS) is 18.0. The maximum absolute atomic E-state index is 9.21. The van der Waals surface area contributed by atoms with Crippen molar-refractivity contribution in [3.05, 3.63) is 0 Å². The van der Waals surface area contributed by atoms with Gasteiger partial charge in [0.05, 0.1) is 0 Å². The summed E-state index contributed by atoms with van der Waals surface area (Å²) in [6.45, 7) is 5.54. The van der Waals surface area contributed by atoms with Crippen molar-refractivity contribution in [2.45, 2.75) is 19.6 Å². The molecule has 9 heavy (non-hydrogen) atoms. The zero-order valence-corrected chi connectivity index (χ0v) is 8.26. The van der Waals surface area contributed by atoms with E-state index in [1.807, 2.05) is 13.1 Å². The van der Waals surface area contributed by atoms with Gasteiger partial charge in [0.15, 0.2) is 9.04 Å². The van der Waals surface area contributed by atoms with Gasteiger partial charge in [0.1, 0.15) is 0 Å². The molecule has 0 saturated carbocycles. The van der Waals surface area contributed by atoms with Crippen LogP contribution in [0, 0.1) is 0 Å². The zero-order chi connectivity index (χ0) is 7.49. The fourth-order valence-electron chi connectivity index (χ4n) is 0.420. The van der Waals surface area contributed by atoms with Gasteiger partial charge in [-0.15, -0.1) is 0 Å². The van der Waals surface area contributed by atoms with Gasteiger partial charge in [0.2, 0.25) is 0 Å². The molecule has 55 valence electrons. The van der Waals surface area contributed by atoms with E-state index in [2.05, 4.69) is 0 Å². The lowest BCUT2D eigenvalue weighted by Gasteiger charge is -2.19. The van der Waals surface area contributed by atoms with Gasteiger partial charge in [0.25, 0.3) is 0 Å². The van der Waals surface area contributed by atoms with Crippen LogP contribution in [0.4, 0.5) is 0 Å². The summed E-state index contributed by atoms with van der Waals surface area (Å²) in [5.74, 6) is 0. The predicted molar refractivity (Wildman–Crippen MR) is 39.4 cm³/mol. The Bertz CT molecular complexity index is 83.9. The minimum atomic E-state index is -2.70. The second-order valence-corrected chi connectivity index (χ2v) is 6.95. The highest BCUT2D eigenvalue weighted by Crippen LogP contribution is 2.01. The standard InChI is InChI=1S/C4H13O3Si2/c1-6-9(4,5)7-8(2)3/h5H,1-4H3. The minimum absolute atomic E-state index is 0.817. The maximum Gasteiger partial charge on any atom is 0.484 e. The van der Waals surface area contributed by atoms with Crippen molar-refractivity contribution in [2.24, 2.45) is 0 Å². The van der Waals surface area contributed by atoms with Crippen molar-refractivity contribution in [2.75, 3.05) is 7.11 Å². The topological polar surface area (TPSA) is 38.7 Å². The van der Waals surface area contributed by atoms with Gasteiger partial charge in [-0.05, 0) is 13.1 Å². The van der Waals surface area contributed by atoms with Gasteiger partial charge in [-0.1, -0.05) is 0 Å². The van der Waals surface area contributed by atoms with Crippen LogP contribution in [0.5, 0.6) is 0 Å². The van der Waals surface area contributed by atoms with Gasteiger partial charge >= 0.3 is 8.80 Å². The lowest BCUT2D eigenvalue weighted by Crippen LogP contribution is -2.41. The van der Waals surface area contributed by atoms with Crippen LogP contribution < -0.4 is 0 Å². The van der Waals surface area contributed by atoms with Crippen LogP contribution in [0.3, 0.4) is 0 Å². The van der Waals surface area contributed by atoms with Crippen molar-refractivity contribution < 1.29 is 13.3 Å². The summed E-state index contributed by atoms with van der Waals surface area (Å²) >= 11 is 0. The zero-order valence-electron chi connectivity index (χ0n) is 6.26. The first-order valence-corrected chi connectivity index (χ1v) is 7.42. The predicted octanol–water partition coefficient (Wildman–Crippen LogP) is 0.461. The average molecular weight is 165 g/mol. The second kappa shape index (κ2) is 3.47. The SMILES string of the molecule is CO[Si](C)(O)O[Si](C)C. The molecule has 3 nitrogen and oxygen atoms in total. The highest BCUT2D eigenvalue weighted by atomic mass is 28.4. The first-order chi connectivity index (χ1) is 3.98. The van der Waals surface area contributed by atoms with E-state index >= 15 is 0 Å². The molecule has 1 atom stereocenters. The van der Waals surface area contributed by atoms with Gasteiger partial charge in [-0.3, -0.25) is 0 Å². The van der Waals surface area contributed by atoms with E-state index in [0.717, 1.165) is 0 Å². The first-order valence-electron chi connectivity index (χ1n) is 2.74. The third kappa shape index (κ3) is 4.79. The molecule has 0 aromatic heterocycles. The molecule has 1 N–H and O–H groups in total. The van der Waals surface area contributed by atoms with Crippen LogP contribution >= 0.6 is 0 Å². The Balaban J connectivity index is 3.58. The van der Waals surface area contributed by atoms with E-state index in [4.69, 9.17) is 8.54 Å². The summed E-state index contributed by atoms with van der Waals surface area (Å²) in [6.07, 6.45) is 0. The molecule has 0 spiro atoms. The molecule has 0 bridgehead atoms. The fraction of sp³-hybridized carbons (Fsp3) is 1.00. The van der Waals surface area contributed by atoms with Gasteiger partial charge in [-0.2, -0.15) is 0 Å². The van der Waals surface area contributed by atoms with Crippen LogP contribution in [0.15, 0.2) is 0 Å². The molecule has 0 rings (SSSR count). The summed E-state index contributed by atoms with van der Waals surface area (Å²) in [5, 5.41) is 0. The van der Waals surface area contributed by atoms with E-state index in [1.165, 1.54) is 7.11 Å². The summed E-state index contributed by atoms with van der Waals surface area (Å²) in [7, 11) is -2.04. The largest absolute Gasteiger partial charge is 0.484 e.